The van der Waals surface area contributed by atoms with Crippen LogP contribution in [0.2, 0.25) is 0 Å². The van der Waals surface area contributed by atoms with Gasteiger partial charge in [-0.15, -0.1) is 0 Å². The lowest BCUT2D eigenvalue weighted by molar-refractivity contribution is -0.131. The molecule has 3 atom stereocenters. The Morgan fingerprint density at radius 2 is 1.96 bits per heavy atom. The lowest BCUT2D eigenvalue weighted by Gasteiger charge is -2.15. The topological polar surface area (TPSA) is 74.6 Å². The van der Waals surface area contributed by atoms with Gasteiger partial charge in [0.2, 0.25) is 0 Å². The molecule has 3 unspecified atom stereocenters. The quantitative estimate of drug-likeness (QED) is 0.257. The lowest BCUT2D eigenvalue weighted by Crippen LogP contribution is -2.14. The number of carboxylic acid groups (broad SMARTS) is 1. The standard InChI is InChI=1S/C22H36O4/c1-2-3-4-5-8-11-19(23)16-14-18-15-17-21(24)20(18)12-9-6-7-10-13-22(25)26/h10,13-14,16,18-20,23H,2-9,11-12,15,17H2,1H3,(H,25,26)/b13-10+,16-14+. The number of hydrogen-bond acceptors (Lipinski definition) is 3. The van der Waals surface area contributed by atoms with Crippen molar-refractivity contribution < 1.29 is 19.8 Å². The number of ketones is 1. The second-order valence-electron chi connectivity index (χ2n) is 7.46. The molecule has 1 rings (SSSR count). The van der Waals surface area contributed by atoms with Gasteiger partial charge < -0.3 is 10.2 Å². The Bertz CT molecular complexity index is 467. The summed E-state index contributed by atoms with van der Waals surface area (Å²) in [6, 6.07) is 0. The van der Waals surface area contributed by atoms with E-state index in [0.717, 1.165) is 44.9 Å². The summed E-state index contributed by atoms with van der Waals surface area (Å²) in [5.74, 6) is -0.238. The third-order valence-corrected chi connectivity index (χ3v) is 5.23. The van der Waals surface area contributed by atoms with Crippen LogP contribution in [0.5, 0.6) is 0 Å². The second-order valence-corrected chi connectivity index (χ2v) is 7.46. The molecular weight excluding hydrogens is 328 g/mol. The number of aliphatic hydroxyl groups is 1. The lowest BCUT2D eigenvalue weighted by atomic mass is 9.89. The summed E-state index contributed by atoms with van der Waals surface area (Å²) in [6.07, 6.45) is 18.2. The van der Waals surface area contributed by atoms with Crippen molar-refractivity contribution in [3.63, 3.8) is 0 Å². The molecule has 0 amide bonds. The number of carbonyl (C=O) groups excluding carboxylic acids is 1. The fourth-order valence-corrected chi connectivity index (χ4v) is 3.67. The zero-order valence-corrected chi connectivity index (χ0v) is 16.2. The zero-order chi connectivity index (χ0) is 19.2. The van der Waals surface area contributed by atoms with Gasteiger partial charge in [-0.3, -0.25) is 4.79 Å². The molecule has 4 nitrogen and oxygen atoms in total. The summed E-state index contributed by atoms with van der Waals surface area (Å²) >= 11 is 0. The number of allylic oxidation sites excluding steroid dienone is 2. The number of rotatable bonds is 14. The van der Waals surface area contributed by atoms with Crippen molar-refractivity contribution in [2.45, 2.75) is 90.1 Å². The van der Waals surface area contributed by atoms with Gasteiger partial charge in [-0.2, -0.15) is 0 Å². The normalized spacial score (nSPS) is 21.8. The molecule has 148 valence electrons. The van der Waals surface area contributed by atoms with Crippen LogP contribution in [0.1, 0.15) is 84.0 Å². The number of unbranched alkanes of at least 4 members (excludes halogenated alkanes) is 6. The van der Waals surface area contributed by atoms with Gasteiger partial charge in [-0.25, -0.2) is 4.79 Å². The molecule has 1 aliphatic carbocycles. The highest BCUT2D eigenvalue weighted by molar-refractivity contribution is 5.83. The third-order valence-electron chi connectivity index (χ3n) is 5.23. The Hall–Kier alpha value is -1.42. The van der Waals surface area contributed by atoms with E-state index in [-0.39, 0.29) is 11.8 Å². The van der Waals surface area contributed by atoms with Crippen molar-refractivity contribution in [3.8, 4) is 0 Å². The largest absolute Gasteiger partial charge is 0.478 e. The van der Waals surface area contributed by atoms with Crippen LogP contribution in [-0.2, 0) is 9.59 Å². The molecule has 0 aromatic heterocycles. The Morgan fingerprint density at radius 3 is 2.69 bits per heavy atom. The number of aliphatic carboxylic acids is 1. The van der Waals surface area contributed by atoms with Gasteiger partial charge >= 0.3 is 5.97 Å². The highest BCUT2D eigenvalue weighted by atomic mass is 16.4. The van der Waals surface area contributed by atoms with E-state index in [1.807, 2.05) is 6.08 Å². The third kappa shape index (κ3) is 9.91. The summed E-state index contributed by atoms with van der Waals surface area (Å²) in [5.41, 5.74) is 0. The number of carboxylic acids is 1. The van der Waals surface area contributed by atoms with Crippen LogP contribution in [0.15, 0.2) is 24.3 Å². The highest BCUT2D eigenvalue weighted by Crippen LogP contribution is 2.34. The molecule has 0 radical (unpaired) electrons. The number of carbonyl (C=O) groups is 2. The van der Waals surface area contributed by atoms with Crippen molar-refractivity contribution in [1.82, 2.24) is 0 Å². The SMILES string of the molecule is CCCCCCCC(O)/C=C/C1CCC(=O)C1CCCC/C=C/C(=O)O. The molecule has 0 aromatic carbocycles. The predicted octanol–water partition coefficient (Wildman–Crippen LogP) is 5.06. The maximum absolute atomic E-state index is 12.1. The molecular formula is C22H36O4. The van der Waals surface area contributed by atoms with Crippen molar-refractivity contribution in [3.05, 3.63) is 24.3 Å². The molecule has 0 spiro atoms. The van der Waals surface area contributed by atoms with Crippen LogP contribution in [0.4, 0.5) is 0 Å². The Kier molecular flexibility index (Phi) is 12.0. The first kappa shape index (κ1) is 22.6. The Labute approximate surface area is 158 Å². The first-order valence-electron chi connectivity index (χ1n) is 10.3. The average molecular weight is 365 g/mol. The molecule has 0 heterocycles. The highest BCUT2D eigenvalue weighted by Gasteiger charge is 2.32. The van der Waals surface area contributed by atoms with Gasteiger partial charge in [-0.05, 0) is 38.0 Å². The van der Waals surface area contributed by atoms with Crippen molar-refractivity contribution in [2.75, 3.05) is 0 Å². The fraction of sp³-hybridized carbons (Fsp3) is 0.727. The summed E-state index contributed by atoms with van der Waals surface area (Å²) in [6.45, 7) is 2.20. The molecule has 1 saturated carbocycles. The fourth-order valence-electron chi connectivity index (χ4n) is 3.67. The summed E-state index contributed by atoms with van der Waals surface area (Å²) in [4.78, 5) is 22.5. The van der Waals surface area contributed by atoms with Gasteiger partial charge in [0.05, 0.1) is 6.10 Å². The second kappa shape index (κ2) is 13.7. The van der Waals surface area contributed by atoms with Gasteiger partial charge in [0, 0.05) is 18.4 Å². The molecule has 1 fully saturated rings. The first-order chi connectivity index (χ1) is 12.5. The van der Waals surface area contributed by atoms with E-state index in [1.54, 1.807) is 6.08 Å². The minimum Gasteiger partial charge on any atom is -0.478 e. The Morgan fingerprint density at radius 1 is 1.19 bits per heavy atom. The van der Waals surface area contributed by atoms with Gasteiger partial charge in [0.15, 0.2) is 0 Å². The first-order valence-corrected chi connectivity index (χ1v) is 10.3. The van der Waals surface area contributed by atoms with E-state index in [1.165, 1.54) is 31.8 Å². The van der Waals surface area contributed by atoms with Crippen molar-refractivity contribution in [2.24, 2.45) is 11.8 Å². The monoisotopic (exact) mass is 364 g/mol. The molecule has 2 N–H and O–H groups in total. The molecule has 0 saturated heterocycles. The summed E-state index contributed by atoms with van der Waals surface area (Å²) in [7, 11) is 0. The average Bonchev–Trinajstić information content (AvgIpc) is 2.95. The summed E-state index contributed by atoms with van der Waals surface area (Å²) in [5, 5.41) is 18.7. The Balaban J connectivity index is 2.28. The zero-order valence-electron chi connectivity index (χ0n) is 16.2. The predicted molar refractivity (Wildman–Crippen MR) is 105 cm³/mol. The van der Waals surface area contributed by atoms with Gasteiger partial charge in [0.1, 0.15) is 5.78 Å². The molecule has 1 aliphatic rings. The van der Waals surface area contributed by atoms with Gasteiger partial charge in [-0.1, -0.05) is 63.7 Å². The van der Waals surface area contributed by atoms with Crippen LogP contribution in [0, 0.1) is 11.8 Å². The minimum atomic E-state index is -0.912. The molecule has 0 bridgehead atoms. The van der Waals surface area contributed by atoms with Crippen molar-refractivity contribution >= 4 is 11.8 Å². The molecule has 0 aromatic rings. The smallest absolute Gasteiger partial charge is 0.327 e. The number of hydrogen-bond donors (Lipinski definition) is 2. The summed E-state index contributed by atoms with van der Waals surface area (Å²) < 4.78 is 0. The van der Waals surface area contributed by atoms with Crippen LogP contribution < -0.4 is 0 Å². The van der Waals surface area contributed by atoms with Crippen LogP contribution in [-0.4, -0.2) is 28.1 Å². The number of aliphatic hydroxyl groups excluding tert-OH is 1. The molecule has 4 heteroatoms. The van der Waals surface area contributed by atoms with E-state index >= 15 is 0 Å². The van der Waals surface area contributed by atoms with E-state index in [4.69, 9.17) is 5.11 Å². The van der Waals surface area contributed by atoms with E-state index in [9.17, 15) is 14.7 Å². The molecule has 0 aliphatic heterocycles. The van der Waals surface area contributed by atoms with E-state index in [0.29, 0.717) is 12.2 Å². The maximum Gasteiger partial charge on any atom is 0.327 e. The van der Waals surface area contributed by atoms with Crippen LogP contribution in [0.3, 0.4) is 0 Å². The van der Waals surface area contributed by atoms with E-state index in [2.05, 4.69) is 13.0 Å². The minimum absolute atomic E-state index is 0.0754. The van der Waals surface area contributed by atoms with Crippen molar-refractivity contribution in [1.29, 1.82) is 0 Å². The van der Waals surface area contributed by atoms with Crippen LogP contribution >= 0.6 is 0 Å². The van der Waals surface area contributed by atoms with E-state index < -0.39 is 12.1 Å². The number of Topliss-reactive ketones (excluding diaryl/α,β-unsaturated/α-hetero) is 1. The van der Waals surface area contributed by atoms with Gasteiger partial charge in [0.25, 0.3) is 0 Å². The van der Waals surface area contributed by atoms with Crippen LogP contribution in [0.25, 0.3) is 0 Å². The molecule has 26 heavy (non-hydrogen) atoms. The maximum atomic E-state index is 12.1.